The fraction of sp³-hybridized carbons (Fsp3) is 0.400. The maximum Gasteiger partial charge on any atom is 0.228 e. The van der Waals surface area contributed by atoms with Crippen molar-refractivity contribution in [3.05, 3.63) is 48.2 Å². The van der Waals surface area contributed by atoms with Gasteiger partial charge in [-0.25, -0.2) is 4.98 Å². The number of pyridine rings is 1. The monoisotopic (exact) mass is 339 g/mol. The molecular formula is C20H25N3O2. The van der Waals surface area contributed by atoms with E-state index < -0.39 is 0 Å². The van der Waals surface area contributed by atoms with Crippen molar-refractivity contribution in [1.82, 2.24) is 4.98 Å². The Morgan fingerprint density at radius 2 is 1.92 bits per heavy atom. The molecule has 5 heteroatoms. The summed E-state index contributed by atoms with van der Waals surface area (Å²) in [6, 6.07) is 11.4. The van der Waals surface area contributed by atoms with Crippen LogP contribution in [0.1, 0.15) is 25.3 Å². The summed E-state index contributed by atoms with van der Waals surface area (Å²) in [5.41, 5.74) is 1.68. The van der Waals surface area contributed by atoms with Crippen molar-refractivity contribution in [2.75, 3.05) is 30.4 Å². The summed E-state index contributed by atoms with van der Waals surface area (Å²) in [6.07, 6.45) is 4.49. The van der Waals surface area contributed by atoms with Gasteiger partial charge >= 0.3 is 0 Å². The number of piperidine rings is 1. The first-order valence-corrected chi connectivity index (χ1v) is 8.78. The number of hydrogen-bond acceptors (Lipinski definition) is 4. The minimum absolute atomic E-state index is 0.0495. The molecule has 1 aliphatic heterocycles. The standard InChI is InChI=1S/C20H25N3O2/c1-15-9-11-23(12-10-15)19-8-5-17(14-21-19)22-20(24)13-16-3-6-18(25-2)7-4-16/h3-8,14-15H,9-13H2,1-2H3,(H,22,24). The van der Waals surface area contributed by atoms with Crippen LogP contribution in [-0.4, -0.2) is 31.1 Å². The number of amides is 1. The average molecular weight is 339 g/mol. The van der Waals surface area contributed by atoms with Gasteiger partial charge in [-0.2, -0.15) is 0 Å². The van der Waals surface area contributed by atoms with E-state index in [0.29, 0.717) is 6.42 Å². The number of ether oxygens (including phenoxy) is 1. The van der Waals surface area contributed by atoms with E-state index >= 15 is 0 Å². The molecule has 1 fully saturated rings. The summed E-state index contributed by atoms with van der Waals surface area (Å²) in [5.74, 6) is 2.52. The zero-order valence-corrected chi connectivity index (χ0v) is 14.9. The Balaban J connectivity index is 1.54. The summed E-state index contributed by atoms with van der Waals surface area (Å²) in [7, 11) is 1.63. The SMILES string of the molecule is COc1ccc(CC(=O)Nc2ccc(N3CCC(C)CC3)nc2)cc1. The minimum Gasteiger partial charge on any atom is -0.497 e. The number of anilines is 2. The van der Waals surface area contributed by atoms with Crippen molar-refractivity contribution in [3.8, 4) is 5.75 Å². The highest BCUT2D eigenvalue weighted by molar-refractivity contribution is 5.92. The van der Waals surface area contributed by atoms with Gasteiger partial charge in [-0.1, -0.05) is 19.1 Å². The molecule has 132 valence electrons. The number of hydrogen-bond donors (Lipinski definition) is 1. The summed E-state index contributed by atoms with van der Waals surface area (Å²) in [5, 5.41) is 2.90. The van der Waals surface area contributed by atoms with E-state index in [-0.39, 0.29) is 5.91 Å². The van der Waals surface area contributed by atoms with Crippen LogP contribution in [0.2, 0.25) is 0 Å². The minimum atomic E-state index is -0.0495. The Labute approximate surface area is 149 Å². The molecule has 0 bridgehead atoms. The molecule has 0 spiro atoms. The topological polar surface area (TPSA) is 54.5 Å². The molecule has 0 radical (unpaired) electrons. The highest BCUT2D eigenvalue weighted by Crippen LogP contribution is 2.22. The number of aromatic nitrogens is 1. The second-order valence-electron chi connectivity index (χ2n) is 6.65. The van der Waals surface area contributed by atoms with Crippen LogP contribution in [0.3, 0.4) is 0 Å². The number of carbonyl (C=O) groups excluding carboxylic acids is 1. The second kappa shape index (κ2) is 8.01. The predicted molar refractivity (Wildman–Crippen MR) is 100 cm³/mol. The van der Waals surface area contributed by atoms with Gasteiger partial charge in [0, 0.05) is 13.1 Å². The molecule has 1 N–H and O–H groups in total. The smallest absolute Gasteiger partial charge is 0.228 e. The molecule has 0 unspecified atom stereocenters. The molecule has 5 nitrogen and oxygen atoms in total. The first-order valence-electron chi connectivity index (χ1n) is 8.78. The molecule has 3 rings (SSSR count). The van der Waals surface area contributed by atoms with Gasteiger partial charge in [0.1, 0.15) is 11.6 Å². The van der Waals surface area contributed by atoms with Crippen molar-refractivity contribution in [1.29, 1.82) is 0 Å². The van der Waals surface area contributed by atoms with Gasteiger partial charge in [-0.05, 0) is 48.6 Å². The Morgan fingerprint density at radius 3 is 2.52 bits per heavy atom. The molecule has 2 heterocycles. The van der Waals surface area contributed by atoms with E-state index in [2.05, 4.69) is 22.1 Å². The van der Waals surface area contributed by atoms with Gasteiger partial charge in [0.15, 0.2) is 0 Å². The zero-order valence-electron chi connectivity index (χ0n) is 14.9. The quantitative estimate of drug-likeness (QED) is 0.906. The Kier molecular flexibility index (Phi) is 5.53. The predicted octanol–water partition coefficient (Wildman–Crippen LogP) is 3.51. The molecule has 0 aliphatic carbocycles. The van der Waals surface area contributed by atoms with Gasteiger partial charge < -0.3 is 15.0 Å². The number of carbonyl (C=O) groups is 1. The Hall–Kier alpha value is -2.56. The molecule has 0 atom stereocenters. The number of rotatable bonds is 5. The number of benzene rings is 1. The Bertz CT molecular complexity index is 690. The molecule has 2 aromatic rings. The van der Waals surface area contributed by atoms with Crippen molar-refractivity contribution in [2.45, 2.75) is 26.2 Å². The average Bonchev–Trinajstić information content (AvgIpc) is 2.64. The van der Waals surface area contributed by atoms with E-state index in [1.807, 2.05) is 36.4 Å². The van der Waals surface area contributed by atoms with Crippen molar-refractivity contribution >= 4 is 17.4 Å². The van der Waals surface area contributed by atoms with Crippen molar-refractivity contribution in [3.63, 3.8) is 0 Å². The van der Waals surface area contributed by atoms with Crippen molar-refractivity contribution in [2.24, 2.45) is 5.92 Å². The summed E-state index contributed by atoms with van der Waals surface area (Å²) >= 11 is 0. The van der Waals surface area contributed by atoms with Gasteiger partial charge in [0.05, 0.1) is 25.4 Å². The first kappa shape index (κ1) is 17.3. The highest BCUT2D eigenvalue weighted by atomic mass is 16.5. The maximum absolute atomic E-state index is 12.2. The van der Waals surface area contributed by atoms with E-state index in [1.54, 1.807) is 13.3 Å². The third-order valence-electron chi connectivity index (χ3n) is 4.66. The van der Waals surface area contributed by atoms with Crippen LogP contribution < -0.4 is 15.0 Å². The fourth-order valence-electron chi connectivity index (χ4n) is 3.02. The first-order chi connectivity index (χ1) is 12.1. The summed E-state index contributed by atoms with van der Waals surface area (Å²) < 4.78 is 5.12. The molecule has 1 aromatic carbocycles. The van der Waals surface area contributed by atoms with Gasteiger partial charge in [0.25, 0.3) is 0 Å². The molecular weight excluding hydrogens is 314 g/mol. The van der Waals surface area contributed by atoms with Gasteiger partial charge in [-0.15, -0.1) is 0 Å². The van der Waals surface area contributed by atoms with Gasteiger partial charge in [-0.3, -0.25) is 4.79 Å². The van der Waals surface area contributed by atoms with Crippen LogP contribution in [0.4, 0.5) is 11.5 Å². The van der Waals surface area contributed by atoms with Gasteiger partial charge in [0.2, 0.25) is 5.91 Å². The normalized spacial score (nSPS) is 15.0. The summed E-state index contributed by atoms with van der Waals surface area (Å²) in [4.78, 5) is 19.0. The highest BCUT2D eigenvalue weighted by Gasteiger charge is 2.16. The molecule has 0 saturated carbocycles. The lowest BCUT2D eigenvalue weighted by atomic mass is 9.99. The van der Waals surface area contributed by atoms with E-state index in [1.165, 1.54) is 12.8 Å². The van der Waals surface area contributed by atoms with Crippen LogP contribution in [0.15, 0.2) is 42.6 Å². The fourth-order valence-corrected chi connectivity index (χ4v) is 3.02. The molecule has 25 heavy (non-hydrogen) atoms. The third kappa shape index (κ3) is 4.72. The lowest BCUT2D eigenvalue weighted by molar-refractivity contribution is -0.115. The number of methoxy groups -OCH3 is 1. The molecule has 1 saturated heterocycles. The van der Waals surface area contributed by atoms with Crippen LogP contribution >= 0.6 is 0 Å². The molecule has 1 aromatic heterocycles. The van der Waals surface area contributed by atoms with Crippen LogP contribution in [-0.2, 0) is 11.2 Å². The largest absolute Gasteiger partial charge is 0.497 e. The second-order valence-corrected chi connectivity index (χ2v) is 6.65. The number of nitrogens with zero attached hydrogens (tertiary/aromatic N) is 2. The molecule has 1 amide bonds. The Morgan fingerprint density at radius 1 is 1.20 bits per heavy atom. The van der Waals surface area contributed by atoms with Crippen LogP contribution in [0, 0.1) is 5.92 Å². The van der Waals surface area contributed by atoms with Crippen LogP contribution in [0.5, 0.6) is 5.75 Å². The number of nitrogens with one attached hydrogen (secondary N) is 1. The van der Waals surface area contributed by atoms with E-state index in [0.717, 1.165) is 41.8 Å². The lowest BCUT2D eigenvalue weighted by Crippen LogP contribution is -2.33. The van der Waals surface area contributed by atoms with E-state index in [4.69, 9.17) is 4.74 Å². The van der Waals surface area contributed by atoms with E-state index in [9.17, 15) is 4.79 Å². The zero-order chi connectivity index (χ0) is 17.6. The lowest BCUT2D eigenvalue weighted by Gasteiger charge is -2.31. The summed E-state index contributed by atoms with van der Waals surface area (Å²) in [6.45, 7) is 4.40. The van der Waals surface area contributed by atoms with Crippen molar-refractivity contribution < 1.29 is 9.53 Å². The van der Waals surface area contributed by atoms with Crippen LogP contribution in [0.25, 0.3) is 0 Å². The molecule has 1 aliphatic rings. The third-order valence-corrected chi connectivity index (χ3v) is 4.66. The maximum atomic E-state index is 12.2.